The molecule has 0 aliphatic heterocycles. The minimum absolute atomic E-state index is 0.00164. The maximum atomic E-state index is 12.7. The van der Waals surface area contributed by atoms with Crippen LogP contribution in [0, 0.1) is 29.6 Å². The summed E-state index contributed by atoms with van der Waals surface area (Å²) in [7, 11) is 1.38. The van der Waals surface area contributed by atoms with Crippen LogP contribution in [0.5, 0.6) is 5.75 Å². The van der Waals surface area contributed by atoms with Crippen LogP contribution >= 0.6 is 11.6 Å². The molecule has 1 aromatic carbocycles. The second-order valence-electron chi connectivity index (χ2n) is 5.90. The monoisotopic (exact) mass is 396 g/mol. The first kappa shape index (κ1) is 20.8. The number of allylic oxidation sites excluding steroid dienone is 1. The molecule has 0 saturated carbocycles. The first-order chi connectivity index (χ1) is 13.4. The summed E-state index contributed by atoms with van der Waals surface area (Å²) in [5, 5.41) is 19.3. The van der Waals surface area contributed by atoms with Gasteiger partial charge in [-0.05, 0) is 24.6 Å². The Labute approximate surface area is 167 Å². The Morgan fingerprint density at radius 2 is 2.18 bits per heavy atom. The van der Waals surface area contributed by atoms with Crippen LogP contribution in [0.15, 0.2) is 47.9 Å². The van der Waals surface area contributed by atoms with Gasteiger partial charge in [0.1, 0.15) is 11.8 Å². The van der Waals surface area contributed by atoms with Crippen molar-refractivity contribution >= 4 is 17.6 Å². The molecule has 1 N–H and O–H groups in total. The number of pyridine rings is 1. The van der Waals surface area contributed by atoms with Gasteiger partial charge in [-0.15, -0.1) is 13.0 Å². The summed E-state index contributed by atoms with van der Waals surface area (Å²) in [4.78, 5) is 24.5. The van der Waals surface area contributed by atoms with Gasteiger partial charge in [-0.2, -0.15) is 5.26 Å². The number of carbonyl (C=O) groups is 1. The fraction of sp³-hybridized carbons (Fsp3) is 0.190. The molecule has 0 radical (unpaired) electrons. The van der Waals surface area contributed by atoms with E-state index in [0.717, 1.165) is 4.57 Å². The zero-order chi connectivity index (χ0) is 20.8. The van der Waals surface area contributed by atoms with E-state index in [1.807, 2.05) is 6.07 Å². The molecule has 0 aliphatic rings. The molecule has 0 fully saturated rings. The van der Waals surface area contributed by atoms with Gasteiger partial charge < -0.3 is 9.84 Å². The topological polar surface area (TPSA) is 92.3 Å². The molecule has 2 atom stereocenters. The molecule has 1 aromatic heterocycles. The first-order valence-corrected chi connectivity index (χ1v) is 8.55. The van der Waals surface area contributed by atoms with E-state index < -0.39 is 23.5 Å². The van der Waals surface area contributed by atoms with E-state index >= 15 is 0 Å². The van der Waals surface area contributed by atoms with E-state index in [-0.39, 0.29) is 12.2 Å². The predicted octanol–water partition coefficient (Wildman–Crippen LogP) is 3.50. The number of carboxylic acids is 1. The van der Waals surface area contributed by atoms with E-state index in [2.05, 4.69) is 12.5 Å². The first-order valence-electron chi connectivity index (χ1n) is 8.17. The number of aromatic nitrogens is 1. The highest BCUT2D eigenvalue weighted by atomic mass is 35.5. The molecule has 0 aliphatic carbocycles. The minimum Gasteiger partial charge on any atom is -0.495 e. The lowest BCUT2D eigenvalue weighted by Gasteiger charge is -2.20. The summed E-state index contributed by atoms with van der Waals surface area (Å²) in [5.41, 5.74) is 0.473. The van der Waals surface area contributed by atoms with E-state index in [1.54, 1.807) is 12.1 Å². The third kappa shape index (κ3) is 4.25. The van der Waals surface area contributed by atoms with Crippen LogP contribution in [0.2, 0.25) is 5.02 Å². The number of hydrogen-bond acceptors (Lipinski definition) is 4. The largest absolute Gasteiger partial charge is 0.495 e. The van der Waals surface area contributed by atoms with Crippen molar-refractivity contribution in [3.63, 3.8) is 0 Å². The Morgan fingerprint density at radius 3 is 2.71 bits per heavy atom. The van der Waals surface area contributed by atoms with E-state index in [0.29, 0.717) is 21.7 Å². The standard InChI is InChI=1S/C21H17ClN2O4/c1-4-13(5-2)8-18(21(26)27)24-12-19(28-3)17(10-20(24)25)16-9-15(22)7-6-14(16)11-23/h1,5-7,9-10,12-13,18H,2,8H2,3H3,(H,26,27). The fourth-order valence-corrected chi connectivity index (χ4v) is 2.96. The van der Waals surface area contributed by atoms with Gasteiger partial charge in [0.15, 0.2) is 0 Å². The highest BCUT2D eigenvalue weighted by Crippen LogP contribution is 2.33. The molecule has 0 spiro atoms. The second-order valence-corrected chi connectivity index (χ2v) is 6.34. The molecular formula is C21H17ClN2O4. The van der Waals surface area contributed by atoms with Crippen LogP contribution in [-0.2, 0) is 4.79 Å². The van der Waals surface area contributed by atoms with Gasteiger partial charge in [0.2, 0.25) is 0 Å². The highest BCUT2D eigenvalue weighted by molar-refractivity contribution is 6.31. The maximum absolute atomic E-state index is 12.7. The van der Waals surface area contributed by atoms with E-state index in [4.69, 9.17) is 22.8 Å². The number of aliphatic carboxylic acids is 1. The van der Waals surface area contributed by atoms with Gasteiger partial charge in [0.25, 0.3) is 5.56 Å². The van der Waals surface area contributed by atoms with Crippen molar-refractivity contribution in [3.8, 4) is 35.3 Å². The van der Waals surface area contributed by atoms with Crippen molar-refractivity contribution in [1.29, 1.82) is 5.26 Å². The highest BCUT2D eigenvalue weighted by Gasteiger charge is 2.25. The SMILES string of the molecule is C#CC(C=C)CC(C(=O)O)n1cc(OC)c(-c2cc(Cl)ccc2C#N)cc1=O. The Balaban J connectivity index is 2.67. The lowest BCUT2D eigenvalue weighted by Crippen LogP contribution is -2.30. The third-order valence-corrected chi connectivity index (χ3v) is 4.49. The van der Waals surface area contributed by atoms with Crippen LogP contribution in [0.3, 0.4) is 0 Å². The molecule has 1 heterocycles. The van der Waals surface area contributed by atoms with Crippen LogP contribution < -0.4 is 10.3 Å². The maximum Gasteiger partial charge on any atom is 0.326 e. The van der Waals surface area contributed by atoms with Crippen molar-refractivity contribution < 1.29 is 14.6 Å². The number of ether oxygens (including phenoxy) is 1. The number of rotatable bonds is 7. The summed E-state index contributed by atoms with van der Waals surface area (Å²) >= 11 is 6.03. The number of nitriles is 1. The smallest absolute Gasteiger partial charge is 0.326 e. The molecule has 28 heavy (non-hydrogen) atoms. The molecule has 0 bridgehead atoms. The normalized spacial score (nSPS) is 12.3. The molecule has 2 aromatic rings. The number of hydrogen-bond donors (Lipinski definition) is 1. The molecule has 2 unspecified atom stereocenters. The van der Waals surface area contributed by atoms with Crippen molar-refractivity contribution in [2.45, 2.75) is 12.5 Å². The number of nitrogens with zero attached hydrogens (tertiary/aromatic N) is 2. The molecule has 7 heteroatoms. The Bertz CT molecular complexity index is 1060. The van der Waals surface area contributed by atoms with Crippen LogP contribution in [0.4, 0.5) is 0 Å². The summed E-state index contributed by atoms with van der Waals surface area (Å²) in [5.74, 6) is 0.932. The number of terminal acetylenes is 1. The summed E-state index contributed by atoms with van der Waals surface area (Å²) in [6, 6.07) is 6.70. The van der Waals surface area contributed by atoms with Gasteiger partial charge in [-0.1, -0.05) is 23.6 Å². The number of halogens is 1. The van der Waals surface area contributed by atoms with Crippen molar-refractivity contribution in [3.05, 3.63) is 64.1 Å². The van der Waals surface area contributed by atoms with E-state index in [1.165, 1.54) is 31.5 Å². The van der Waals surface area contributed by atoms with E-state index in [9.17, 15) is 20.0 Å². The van der Waals surface area contributed by atoms with Gasteiger partial charge in [0, 0.05) is 28.1 Å². The van der Waals surface area contributed by atoms with Crippen LogP contribution in [0.25, 0.3) is 11.1 Å². The number of carboxylic acid groups (broad SMARTS) is 1. The number of benzene rings is 1. The summed E-state index contributed by atoms with van der Waals surface area (Å²) < 4.78 is 6.41. The molecule has 0 amide bonds. The summed E-state index contributed by atoms with van der Waals surface area (Å²) in [6.07, 6.45) is 8.14. The van der Waals surface area contributed by atoms with Crippen LogP contribution in [-0.4, -0.2) is 22.8 Å². The Kier molecular flexibility index (Phi) is 6.65. The van der Waals surface area contributed by atoms with Crippen molar-refractivity contribution in [1.82, 2.24) is 4.57 Å². The molecule has 2 rings (SSSR count). The number of methoxy groups -OCH3 is 1. The lowest BCUT2D eigenvalue weighted by atomic mass is 9.98. The van der Waals surface area contributed by atoms with Gasteiger partial charge >= 0.3 is 5.97 Å². The van der Waals surface area contributed by atoms with Crippen LogP contribution in [0.1, 0.15) is 18.0 Å². The molecule has 142 valence electrons. The molecule has 0 saturated heterocycles. The Hall–Kier alpha value is -3.48. The molecular weight excluding hydrogens is 380 g/mol. The average Bonchev–Trinajstić information content (AvgIpc) is 2.69. The minimum atomic E-state index is -1.21. The zero-order valence-corrected chi connectivity index (χ0v) is 15.8. The lowest BCUT2D eigenvalue weighted by molar-refractivity contribution is -0.141. The predicted molar refractivity (Wildman–Crippen MR) is 106 cm³/mol. The molecule has 6 nitrogen and oxygen atoms in total. The zero-order valence-electron chi connectivity index (χ0n) is 15.1. The average molecular weight is 397 g/mol. The second kappa shape index (κ2) is 8.94. The van der Waals surface area contributed by atoms with Crippen molar-refractivity contribution in [2.75, 3.05) is 7.11 Å². The quantitative estimate of drug-likeness (QED) is 0.571. The van der Waals surface area contributed by atoms with Gasteiger partial charge in [-0.3, -0.25) is 9.36 Å². The Morgan fingerprint density at radius 1 is 1.46 bits per heavy atom. The fourth-order valence-electron chi connectivity index (χ4n) is 2.79. The summed E-state index contributed by atoms with van der Waals surface area (Å²) in [6.45, 7) is 3.58. The van der Waals surface area contributed by atoms with Gasteiger partial charge in [-0.25, -0.2) is 4.79 Å². The third-order valence-electron chi connectivity index (χ3n) is 4.25. The van der Waals surface area contributed by atoms with Crippen molar-refractivity contribution in [2.24, 2.45) is 5.92 Å². The van der Waals surface area contributed by atoms with Gasteiger partial charge in [0.05, 0.1) is 24.9 Å².